The molecule has 0 radical (unpaired) electrons. The van der Waals surface area contributed by atoms with Crippen molar-refractivity contribution >= 4 is 50.7 Å². The quantitative estimate of drug-likeness (QED) is 0.771. The Kier molecular flexibility index (Phi) is 4.85. The summed E-state index contributed by atoms with van der Waals surface area (Å²) in [4.78, 5) is 37.2. The van der Waals surface area contributed by atoms with Crippen LogP contribution in [0.4, 0.5) is 17.1 Å². The third-order valence-corrected chi connectivity index (χ3v) is 4.46. The minimum absolute atomic E-state index is 0.0909. The molecule has 7 heteroatoms. The van der Waals surface area contributed by atoms with E-state index in [4.69, 9.17) is 0 Å². The fraction of sp³-hybridized carbons (Fsp3) is 0.167. The Morgan fingerprint density at radius 2 is 1.72 bits per heavy atom. The minimum atomic E-state index is -0.619. The summed E-state index contributed by atoms with van der Waals surface area (Å²) in [7, 11) is 0. The van der Waals surface area contributed by atoms with Gasteiger partial charge in [0.05, 0.1) is 12.1 Å². The fourth-order valence-electron chi connectivity index (χ4n) is 2.69. The van der Waals surface area contributed by atoms with E-state index in [0.717, 1.165) is 0 Å². The highest BCUT2D eigenvalue weighted by Gasteiger charge is 2.40. The topological polar surface area (TPSA) is 78.5 Å². The van der Waals surface area contributed by atoms with Gasteiger partial charge in [-0.15, -0.1) is 0 Å². The first-order valence-electron chi connectivity index (χ1n) is 7.71. The zero-order valence-electron chi connectivity index (χ0n) is 13.5. The smallest absolute Gasteiger partial charge is 0.256 e. The summed E-state index contributed by atoms with van der Waals surface area (Å²) in [6.07, 6.45) is 0.0909. The number of carbonyl (C=O) groups excluding carboxylic acids is 3. The van der Waals surface area contributed by atoms with Gasteiger partial charge in [0.25, 0.3) is 5.91 Å². The molecule has 3 rings (SSSR count). The van der Waals surface area contributed by atoms with Crippen LogP contribution in [-0.4, -0.2) is 23.8 Å². The average Bonchev–Trinajstić information content (AvgIpc) is 2.83. The highest BCUT2D eigenvalue weighted by Crippen LogP contribution is 2.31. The van der Waals surface area contributed by atoms with Gasteiger partial charge in [-0.25, -0.2) is 4.90 Å². The molecule has 25 heavy (non-hydrogen) atoms. The number of anilines is 3. The molecule has 1 saturated heterocycles. The molecule has 1 aliphatic rings. The van der Waals surface area contributed by atoms with Crippen LogP contribution in [0.1, 0.15) is 13.3 Å². The Bertz CT molecular complexity index is 836. The van der Waals surface area contributed by atoms with E-state index in [0.29, 0.717) is 21.5 Å². The number of nitrogens with one attached hydrogen (secondary N) is 2. The van der Waals surface area contributed by atoms with Crippen LogP contribution in [-0.2, 0) is 14.4 Å². The van der Waals surface area contributed by atoms with Gasteiger partial charge in [0.2, 0.25) is 11.8 Å². The molecule has 6 nitrogen and oxygen atoms in total. The molecule has 0 aliphatic carbocycles. The van der Waals surface area contributed by atoms with E-state index >= 15 is 0 Å². The number of para-hydroxylation sites is 1. The summed E-state index contributed by atoms with van der Waals surface area (Å²) >= 11 is 3.37. The van der Waals surface area contributed by atoms with E-state index in [1.165, 1.54) is 11.8 Å². The zero-order valence-corrected chi connectivity index (χ0v) is 15.0. The number of hydrogen-bond acceptors (Lipinski definition) is 4. The molecular formula is C18H16BrN3O3. The molecule has 0 unspecified atom stereocenters. The van der Waals surface area contributed by atoms with Crippen LogP contribution in [0.25, 0.3) is 0 Å². The molecule has 1 heterocycles. The molecule has 1 fully saturated rings. The monoisotopic (exact) mass is 401 g/mol. The van der Waals surface area contributed by atoms with E-state index in [1.807, 2.05) is 6.07 Å². The van der Waals surface area contributed by atoms with Gasteiger partial charge in [-0.1, -0.05) is 12.1 Å². The van der Waals surface area contributed by atoms with Crippen molar-refractivity contribution in [3.63, 3.8) is 0 Å². The summed E-state index contributed by atoms with van der Waals surface area (Å²) in [6.45, 7) is 1.44. The van der Waals surface area contributed by atoms with Gasteiger partial charge >= 0.3 is 0 Å². The van der Waals surface area contributed by atoms with E-state index in [1.54, 1.807) is 42.5 Å². The van der Waals surface area contributed by atoms with Gasteiger partial charge in [0, 0.05) is 22.8 Å². The summed E-state index contributed by atoms with van der Waals surface area (Å²) in [6, 6.07) is 13.5. The fourth-order valence-corrected chi connectivity index (χ4v) is 3.15. The Hall–Kier alpha value is -2.67. The lowest BCUT2D eigenvalue weighted by Crippen LogP contribution is -2.35. The van der Waals surface area contributed by atoms with Crippen molar-refractivity contribution in [3.8, 4) is 0 Å². The molecule has 0 saturated carbocycles. The van der Waals surface area contributed by atoms with Crippen LogP contribution in [0.3, 0.4) is 0 Å². The van der Waals surface area contributed by atoms with Crippen LogP contribution in [0.5, 0.6) is 0 Å². The van der Waals surface area contributed by atoms with E-state index < -0.39 is 6.04 Å². The van der Waals surface area contributed by atoms with Crippen molar-refractivity contribution in [2.24, 2.45) is 0 Å². The van der Waals surface area contributed by atoms with Gasteiger partial charge in [-0.3, -0.25) is 14.4 Å². The number of rotatable bonds is 4. The summed E-state index contributed by atoms with van der Waals surface area (Å²) in [5, 5.41) is 5.76. The first-order chi connectivity index (χ1) is 12.0. The normalized spacial score (nSPS) is 16.9. The van der Waals surface area contributed by atoms with Gasteiger partial charge < -0.3 is 10.6 Å². The molecule has 1 atom stereocenters. The second-order valence-electron chi connectivity index (χ2n) is 5.68. The van der Waals surface area contributed by atoms with Crippen LogP contribution < -0.4 is 15.5 Å². The molecule has 0 spiro atoms. The Morgan fingerprint density at radius 1 is 1.08 bits per heavy atom. The lowest BCUT2D eigenvalue weighted by molar-refractivity contribution is -0.121. The molecule has 3 amide bonds. The van der Waals surface area contributed by atoms with Crippen molar-refractivity contribution in [1.29, 1.82) is 0 Å². The number of hydrogen-bond donors (Lipinski definition) is 2. The lowest BCUT2D eigenvalue weighted by Gasteiger charge is -2.17. The average molecular weight is 402 g/mol. The van der Waals surface area contributed by atoms with Crippen molar-refractivity contribution in [2.75, 3.05) is 15.5 Å². The molecule has 0 bridgehead atoms. The van der Waals surface area contributed by atoms with Crippen molar-refractivity contribution in [3.05, 3.63) is 53.0 Å². The van der Waals surface area contributed by atoms with Crippen LogP contribution in [0, 0.1) is 0 Å². The molecule has 0 aromatic heterocycles. The second-order valence-corrected chi connectivity index (χ2v) is 6.53. The van der Waals surface area contributed by atoms with Gasteiger partial charge in [-0.05, 0) is 52.3 Å². The lowest BCUT2D eigenvalue weighted by atomic mass is 10.2. The summed E-state index contributed by atoms with van der Waals surface area (Å²) < 4.78 is 0.692. The predicted molar refractivity (Wildman–Crippen MR) is 99.4 cm³/mol. The molecule has 128 valence electrons. The van der Waals surface area contributed by atoms with E-state index in [9.17, 15) is 14.4 Å². The molecular weight excluding hydrogens is 386 g/mol. The largest absolute Gasteiger partial charge is 0.373 e. The first kappa shape index (κ1) is 17.2. The number of nitrogens with zero attached hydrogens (tertiary/aromatic N) is 1. The zero-order chi connectivity index (χ0) is 18.0. The van der Waals surface area contributed by atoms with Crippen LogP contribution in [0.2, 0.25) is 0 Å². The molecule has 2 aromatic rings. The maximum Gasteiger partial charge on any atom is 0.256 e. The third-order valence-electron chi connectivity index (χ3n) is 3.79. The van der Waals surface area contributed by atoms with E-state index in [2.05, 4.69) is 26.6 Å². The number of benzene rings is 2. The third kappa shape index (κ3) is 3.71. The van der Waals surface area contributed by atoms with Crippen molar-refractivity contribution in [1.82, 2.24) is 0 Å². The Labute approximate surface area is 153 Å². The predicted octanol–water partition coefficient (Wildman–Crippen LogP) is 3.15. The number of amides is 3. The summed E-state index contributed by atoms with van der Waals surface area (Å²) in [5.41, 5.74) is 1.92. The van der Waals surface area contributed by atoms with Crippen molar-refractivity contribution < 1.29 is 14.4 Å². The van der Waals surface area contributed by atoms with Crippen LogP contribution >= 0.6 is 15.9 Å². The van der Waals surface area contributed by atoms with Crippen LogP contribution in [0.15, 0.2) is 53.0 Å². The molecule has 2 aromatic carbocycles. The summed E-state index contributed by atoms with van der Waals surface area (Å²) in [5.74, 6) is -0.687. The van der Waals surface area contributed by atoms with Crippen molar-refractivity contribution in [2.45, 2.75) is 19.4 Å². The first-order valence-corrected chi connectivity index (χ1v) is 8.50. The Morgan fingerprint density at radius 3 is 2.36 bits per heavy atom. The van der Waals surface area contributed by atoms with Gasteiger partial charge in [0.1, 0.15) is 6.04 Å². The number of imide groups is 1. The number of halogens is 1. The maximum absolute atomic E-state index is 12.7. The maximum atomic E-state index is 12.7. The highest BCUT2D eigenvalue weighted by molar-refractivity contribution is 9.10. The number of carbonyl (C=O) groups is 3. The van der Waals surface area contributed by atoms with Gasteiger partial charge in [-0.2, -0.15) is 0 Å². The highest BCUT2D eigenvalue weighted by atomic mass is 79.9. The molecule has 2 N–H and O–H groups in total. The molecule has 1 aliphatic heterocycles. The SMILES string of the molecule is CC(=O)Nc1ccc(N[C@@H]2CC(=O)N(c3ccccc3Br)C2=O)cc1. The van der Waals surface area contributed by atoms with E-state index in [-0.39, 0.29) is 24.1 Å². The minimum Gasteiger partial charge on any atom is -0.373 e. The van der Waals surface area contributed by atoms with Gasteiger partial charge in [0.15, 0.2) is 0 Å². The second kappa shape index (κ2) is 7.06. The standard InChI is InChI=1S/C18H16BrN3O3/c1-11(23)20-12-6-8-13(9-7-12)21-15-10-17(24)22(18(15)25)16-5-3-2-4-14(16)19/h2-9,15,21H,10H2,1H3,(H,20,23)/t15-/m1/s1. The Balaban J connectivity index is 1.74.